The van der Waals surface area contributed by atoms with Crippen molar-refractivity contribution in [3.63, 3.8) is 0 Å². The lowest BCUT2D eigenvalue weighted by atomic mass is 9.97. The second-order valence-corrected chi connectivity index (χ2v) is 7.38. The standard InChI is InChI=1S/C23H24N2O4/c1-2-3-6-12-25-20(17-7-4-5-11-24-17)19(22(27)23(25)28)21(26)16-8-9-18-15(14-16)10-13-29-18/h4-5,7-9,11,14,20,26H,2-3,6,10,12-13H2,1H3/b21-19-. The number of rotatable bonds is 6. The summed E-state index contributed by atoms with van der Waals surface area (Å²) in [4.78, 5) is 31.6. The largest absolute Gasteiger partial charge is 0.507 e. The Morgan fingerprint density at radius 1 is 1.24 bits per heavy atom. The van der Waals surface area contributed by atoms with Gasteiger partial charge in [-0.15, -0.1) is 0 Å². The van der Waals surface area contributed by atoms with Crippen LogP contribution in [0.1, 0.15) is 49.0 Å². The summed E-state index contributed by atoms with van der Waals surface area (Å²) < 4.78 is 5.52. The fraction of sp³-hybridized carbons (Fsp3) is 0.348. The first-order valence-electron chi connectivity index (χ1n) is 10.1. The molecule has 4 rings (SSSR count). The van der Waals surface area contributed by atoms with E-state index < -0.39 is 17.7 Å². The predicted octanol–water partition coefficient (Wildman–Crippen LogP) is 3.63. The lowest BCUT2D eigenvalue weighted by molar-refractivity contribution is -0.140. The number of ketones is 1. The van der Waals surface area contributed by atoms with E-state index in [1.54, 1.807) is 35.4 Å². The molecule has 0 aliphatic carbocycles. The maximum Gasteiger partial charge on any atom is 0.295 e. The second-order valence-electron chi connectivity index (χ2n) is 7.38. The summed E-state index contributed by atoms with van der Waals surface area (Å²) in [5, 5.41) is 11.1. The highest BCUT2D eigenvalue weighted by Gasteiger charge is 2.46. The highest BCUT2D eigenvalue weighted by atomic mass is 16.5. The second kappa shape index (κ2) is 8.07. The molecular weight excluding hydrogens is 368 g/mol. The van der Waals surface area contributed by atoms with E-state index in [2.05, 4.69) is 11.9 Å². The summed E-state index contributed by atoms with van der Waals surface area (Å²) >= 11 is 0. The number of hydrogen-bond donors (Lipinski definition) is 1. The molecule has 2 aliphatic rings. The Bertz CT molecular complexity index is 968. The summed E-state index contributed by atoms with van der Waals surface area (Å²) in [7, 11) is 0. The molecule has 1 saturated heterocycles. The van der Waals surface area contributed by atoms with Crippen molar-refractivity contribution in [2.24, 2.45) is 0 Å². The molecule has 1 aromatic carbocycles. The molecule has 150 valence electrons. The van der Waals surface area contributed by atoms with E-state index in [1.165, 1.54) is 0 Å². The summed E-state index contributed by atoms with van der Waals surface area (Å²) in [6.07, 6.45) is 5.15. The van der Waals surface area contributed by atoms with Gasteiger partial charge in [-0.05, 0) is 42.3 Å². The topological polar surface area (TPSA) is 79.7 Å². The van der Waals surface area contributed by atoms with Crippen molar-refractivity contribution >= 4 is 17.4 Å². The van der Waals surface area contributed by atoms with Crippen LogP contribution in [0.5, 0.6) is 5.75 Å². The Morgan fingerprint density at radius 2 is 2.10 bits per heavy atom. The molecule has 0 spiro atoms. The fourth-order valence-corrected chi connectivity index (χ4v) is 3.98. The Balaban J connectivity index is 1.79. The zero-order valence-electron chi connectivity index (χ0n) is 16.4. The molecule has 1 fully saturated rings. The molecule has 1 aromatic heterocycles. The van der Waals surface area contributed by atoms with E-state index in [4.69, 9.17) is 4.74 Å². The van der Waals surface area contributed by atoms with Gasteiger partial charge in [0.1, 0.15) is 17.6 Å². The number of nitrogens with zero attached hydrogens (tertiary/aromatic N) is 2. The van der Waals surface area contributed by atoms with Crippen molar-refractivity contribution in [3.05, 3.63) is 65.0 Å². The van der Waals surface area contributed by atoms with Crippen LogP contribution in [0.3, 0.4) is 0 Å². The first kappa shape index (κ1) is 19.2. The lowest BCUT2D eigenvalue weighted by Gasteiger charge is -2.24. The van der Waals surface area contributed by atoms with E-state index >= 15 is 0 Å². The molecule has 6 heteroatoms. The van der Waals surface area contributed by atoms with Gasteiger partial charge in [-0.3, -0.25) is 14.6 Å². The Hall–Kier alpha value is -3.15. The van der Waals surface area contributed by atoms with Crippen molar-refractivity contribution in [1.29, 1.82) is 0 Å². The van der Waals surface area contributed by atoms with Crippen LogP contribution in [-0.4, -0.2) is 39.8 Å². The predicted molar refractivity (Wildman–Crippen MR) is 108 cm³/mol. The number of fused-ring (bicyclic) bond motifs is 1. The Kier molecular flexibility index (Phi) is 5.34. The number of aliphatic hydroxyl groups is 1. The van der Waals surface area contributed by atoms with Gasteiger partial charge in [0.2, 0.25) is 0 Å². The highest BCUT2D eigenvalue weighted by molar-refractivity contribution is 6.46. The number of aliphatic hydroxyl groups excluding tert-OH is 1. The van der Waals surface area contributed by atoms with E-state index in [-0.39, 0.29) is 11.3 Å². The third-order valence-electron chi connectivity index (χ3n) is 5.47. The minimum atomic E-state index is -0.683. The zero-order valence-corrected chi connectivity index (χ0v) is 16.4. The van der Waals surface area contributed by atoms with Crippen molar-refractivity contribution in [2.75, 3.05) is 13.2 Å². The number of benzene rings is 1. The van der Waals surface area contributed by atoms with Gasteiger partial charge < -0.3 is 14.7 Å². The van der Waals surface area contributed by atoms with Gasteiger partial charge in [0, 0.05) is 24.7 Å². The maximum absolute atomic E-state index is 12.9. The molecule has 0 bridgehead atoms. The lowest BCUT2D eigenvalue weighted by Crippen LogP contribution is -2.31. The molecule has 3 heterocycles. The summed E-state index contributed by atoms with van der Waals surface area (Å²) in [6, 6.07) is 10.1. The molecule has 0 radical (unpaired) electrons. The molecule has 1 amide bonds. The molecule has 2 aromatic rings. The number of ether oxygens (including phenoxy) is 1. The molecule has 1 unspecified atom stereocenters. The molecule has 29 heavy (non-hydrogen) atoms. The number of amides is 1. The number of aromatic nitrogens is 1. The molecule has 2 aliphatic heterocycles. The van der Waals surface area contributed by atoms with Gasteiger partial charge in [0.05, 0.1) is 17.9 Å². The van der Waals surface area contributed by atoms with Crippen molar-refractivity contribution in [2.45, 2.75) is 38.6 Å². The van der Waals surface area contributed by atoms with E-state index in [1.807, 2.05) is 12.1 Å². The van der Waals surface area contributed by atoms with Crippen molar-refractivity contribution in [1.82, 2.24) is 9.88 Å². The normalized spacial score (nSPS) is 20.0. The van der Waals surface area contributed by atoms with E-state index in [0.29, 0.717) is 24.4 Å². The molecular formula is C23H24N2O4. The summed E-state index contributed by atoms with van der Waals surface area (Å²) in [5.41, 5.74) is 2.18. The number of Topliss-reactive ketones (excluding diaryl/α,β-unsaturated/α-hetero) is 1. The zero-order chi connectivity index (χ0) is 20.4. The van der Waals surface area contributed by atoms with Gasteiger partial charge in [0.25, 0.3) is 11.7 Å². The maximum atomic E-state index is 12.9. The third-order valence-corrected chi connectivity index (χ3v) is 5.47. The number of likely N-dealkylation sites (tertiary alicyclic amines) is 1. The molecule has 6 nitrogen and oxygen atoms in total. The van der Waals surface area contributed by atoms with E-state index in [9.17, 15) is 14.7 Å². The van der Waals surface area contributed by atoms with Crippen LogP contribution >= 0.6 is 0 Å². The van der Waals surface area contributed by atoms with Crippen molar-refractivity contribution in [3.8, 4) is 5.75 Å². The Morgan fingerprint density at radius 3 is 2.86 bits per heavy atom. The highest BCUT2D eigenvalue weighted by Crippen LogP contribution is 2.39. The van der Waals surface area contributed by atoms with Crippen molar-refractivity contribution < 1.29 is 19.4 Å². The van der Waals surface area contributed by atoms with Gasteiger partial charge >= 0.3 is 0 Å². The number of carbonyl (C=O) groups excluding carboxylic acids is 2. The third kappa shape index (κ3) is 3.50. The van der Waals surface area contributed by atoms with Crippen LogP contribution in [0, 0.1) is 0 Å². The quantitative estimate of drug-likeness (QED) is 0.351. The van der Waals surface area contributed by atoms with Crippen LogP contribution in [0.4, 0.5) is 0 Å². The van der Waals surface area contributed by atoms with Gasteiger partial charge in [-0.25, -0.2) is 0 Å². The monoisotopic (exact) mass is 392 g/mol. The average molecular weight is 392 g/mol. The smallest absolute Gasteiger partial charge is 0.295 e. The Labute approximate surface area is 169 Å². The van der Waals surface area contributed by atoms with Gasteiger partial charge in [-0.1, -0.05) is 25.8 Å². The van der Waals surface area contributed by atoms with Gasteiger partial charge in [0.15, 0.2) is 0 Å². The minimum Gasteiger partial charge on any atom is -0.507 e. The van der Waals surface area contributed by atoms with Crippen LogP contribution in [-0.2, 0) is 16.0 Å². The molecule has 0 saturated carbocycles. The number of carbonyl (C=O) groups is 2. The van der Waals surface area contributed by atoms with Crippen LogP contribution in [0.15, 0.2) is 48.2 Å². The summed E-state index contributed by atoms with van der Waals surface area (Å²) in [5.74, 6) is -0.608. The summed E-state index contributed by atoms with van der Waals surface area (Å²) in [6.45, 7) is 3.14. The number of unbranched alkanes of at least 4 members (excludes halogenated alkanes) is 2. The van der Waals surface area contributed by atoms with Crippen LogP contribution < -0.4 is 4.74 Å². The fourth-order valence-electron chi connectivity index (χ4n) is 3.98. The van der Waals surface area contributed by atoms with E-state index in [0.717, 1.165) is 37.0 Å². The number of pyridine rings is 1. The van der Waals surface area contributed by atoms with Crippen LogP contribution in [0.2, 0.25) is 0 Å². The minimum absolute atomic E-state index is 0.101. The first-order valence-corrected chi connectivity index (χ1v) is 10.1. The SMILES string of the molecule is CCCCCN1C(=O)C(=O)/C(=C(\O)c2ccc3c(c2)CCO3)C1c1ccccn1. The number of hydrogen-bond acceptors (Lipinski definition) is 5. The molecule has 1 atom stereocenters. The average Bonchev–Trinajstić information content (AvgIpc) is 3.31. The molecule has 1 N–H and O–H groups in total. The first-order chi connectivity index (χ1) is 14.1. The van der Waals surface area contributed by atoms with Crippen LogP contribution in [0.25, 0.3) is 5.76 Å². The van der Waals surface area contributed by atoms with Gasteiger partial charge in [-0.2, -0.15) is 0 Å².